The molecule has 2 saturated heterocycles. The molecule has 0 aromatic carbocycles. The summed E-state index contributed by atoms with van der Waals surface area (Å²) >= 11 is 0. The van der Waals surface area contributed by atoms with E-state index in [0.29, 0.717) is 0 Å². The Morgan fingerprint density at radius 3 is 2.29 bits per heavy atom. The summed E-state index contributed by atoms with van der Waals surface area (Å²) in [7, 11) is 1.70. The largest absolute Gasteiger partial charge is 0.368 e. The molecule has 1 aliphatic carbocycles. The minimum Gasteiger partial charge on any atom is -0.368 e. The van der Waals surface area contributed by atoms with Crippen molar-refractivity contribution in [3.63, 3.8) is 0 Å². The Hall–Kier alpha value is -0.0700. The van der Waals surface area contributed by atoms with Gasteiger partial charge in [-0.05, 0) is 45.2 Å². The molecule has 2 aliphatic heterocycles. The van der Waals surface area contributed by atoms with E-state index in [9.17, 15) is 4.79 Å². The van der Waals surface area contributed by atoms with E-state index in [1.165, 1.54) is 25.7 Å². The number of carbonyl (C=O) groups excluding carboxylic acids is 1. The zero-order chi connectivity index (χ0) is 15.4. The highest BCUT2D eigenvalue weighted by Crippen LogP contribution is 2.27. The molecule has 24 heavy (non-hydrogen) atoms. The highest BCUT2D eigenvalue weighted by atomic mass is 35.5. The van der Waals surface area contributed by atoms with Crippen LogP contribution in [0.4, 0.5) is 0 Å². The first-order chi connectivity index (χ1) is 10.7. The Bertz CT molecular complexity index is 386. The van der Waals surface area contributed by atoms with E-state index >= 15 is 0 Å². The molecule has 3 aliphatic rings. The van der Waals surface area contributed by atoms with Crippen molar-refractivity contribution in [1.29, 1.82) is 0 Å². The van der Waals surface area contributed by atoms with Crippen LogP contribution in [0.3, 0.4) is 0 Å². The lowest BCUT2D eigenvalue weighted by molar-refractivity contribution is -0.158. The van der Waals surface area contributed by atoms with Gasteiger partial charge in [0.2, 0.25) is 0 Å². The van der Waals surface area contributed by atoms with Gasteiger partial charge in [0, 0.05) is 39.3 Å². The Labute approximate surface area is 158 Å². The van der Waals surface area contributed by atoms with Gasteiger partial charge < -0.3 is 15.0 Å². The third-order valence-electron chi connectivity index (χ3n) is 5.85. The highest BCUT2D eigenvalue weighted by molar-refractivity contribution is 5.86. The maximum atomic E-state index is 13.0. The van der Waals surface area contributed by atoms with Gasteiger partial charge in [0.15, 0.2) is 0 Å². The van der Waals surface area contributed by atoms with Gasteiger partial charge in [-0.3, -0.25) is 9.69 Å². The molecule has 7 heteroatoms. The van der Waals surface area contributed by atoms with Crippen molar-refractivity contribution in [2.24, 2.45) is 0 Å². The standard InChI is InChI=1S/C17H31N3O2.2ClH/c1-22-17(7-9-18-10-8-17)16(21)20-12-4-11-19(13-14-20)15-5-2-3-6-15;;/h15,18H,2-14H2,1H3;2*1H. The molecule has 1 amide bonds. The predicted octanol–water partition coefficient (Wildman–Crippen LogP) is 2.08. The predicted molar refractivity (Wildman–Crippen MR) is 101 cm³/mol. The molecule has 142 valence electrons. The molecule has 0 radical (unpaired) electrons. The molecule has 0 aromatic heterocycles. The van der Waals surface area contributed by atoms with Crippen LogP contribution in [0.25, 0.3) is 0 Å². The minimum atomic E-state index is -0.576. The Balaban J connectivity index is 0.00000144. The number of ether oxygens (including phenoxy) is 1. The van der Waals surface area contributed by atoms with Crippen LogP contribution < -0.4 is 5.32 Å². The van der Waals surface area contributed by atoms with Gasteiger partial charge in [-0.1, -0.05) is 12.8 Å². The molecular weight excluding hydrogens is 349 g/mol. The number of nitrogens with one attached hydrogen (secondary N) is 1. The van der Waals surface area contributed by atoms with Crippen LogP contribution in [0.5, 0.6) is 0 Å². The fraction of sp³-hybridized carbons (Fsp3) is 0.941. The summed E-state index contributed by atoms with van der Waals surface area (Å²) in [4.78, 5) is 17.7. The number of hydrogen-bond acceptors (Lipinski definition) is 4. The summed E-state index contributed by atoms with van der Waals surface area (Å²) in [5, 5.41) is 3.33. The van der Waals surface area contributed by atoms with Crippen LogP contribution >= 0.6 is 24.8 Å². The summed E-state index contributed by atoms with van der Waals surface area (Å²) in [5.74, 6) is 0.227. The van der Waals surface area contributed by atoms with Gasteiger partial charge >= 0.3 is 0 Å². The first-order valence-electron chi connectivity index (χ1n) is 9.04. The van der Waals surface area contributed by atoms with E-state index in [-0.39, 0.29) is 30.7 Å². The van der Waals surface area contributed by atoms with E-state index in [1.54, 1.807) is 7.11 Å². The number of hydrogen-bond donors (Lipinski definition) is 1. The molecule has 0 bridgehead atoms. The van der Waals surface area contributed by atoms with Gasteiger partial charge in [-0.25, -0.2) is 0 Å². The van der Waals surface area contributed by atoms with Crippen LogP contribution in [0, 0.1) is 0 Å². The lowest BCUT2D eigenvalue weighted by Crippen LogP contribution is -2.56. The van der Waals surface area contributed by atoms with Crippen molar-refractivity contribution in [3.8, 4) is 0 Å². The second-order valence-corrected chi connectivity index (χ2v) is 7.07. The molecule has 3 rings (SSSR count). The number of amides is 1. The Morgan fingerprint density at radius 2 is 1.67 bits per heavy atom. The number of nitrogens with zero attached hydrogens (tertiary/aromatic N) is 2. The van der Waals surface area contributed by atoms with Crippen molar-refractivity contribution >= 4 is 30.7 Å². The van der Waals surface area contributed by atoms with Crippen molar-refractivity contribution in [2.75, 3.05) is 46.4 Å². The summed E-state index contributed by atoms with van der Waals surface area (Å²) < 4.78 is 5.72. The fourth-order valence-corrected chi connectivity index (χ4v) is 4.40. The summed E-state index contributed by atoms with van der Waals surface area (Å²) in [6.45, 7) is 5.70. The van der Waals surface area contributed by atoms with Crippen LogP contribution in [-0.4, -0.2) is 73.7 Å². The zero-order valence-corrected chi connectivity index (χ0v) is 16.4. The molecule has 0 atom stereocenters. The molecule has 2 heterocycles. The third-order valence-corrected chi connectivity index (χ3v) is 5.85. The Kier molecular flexibility index (Phi) is 9.31. The molecule has 5 nitrogen and oxygen atoms in total. The van der Waals surface area contributed by atoms with Crippen molar-refractivity contribution < 1.29 is 9.53 Å². The first kappa shape index (κ1) is 22.0. The zero-order valence-electron chi connectivity index (χ0n) is 14.8. The molecular formula is C17H33Cl2N3O2. The fourth-order valence-electron chi connectivity index (χ4n) is 4.40. The van der Waals surface area contributed by atoms with Crippen molar-refractivity contribution in [3.05, 3.63) is 0 Å². The highest BCUT2D eigenvalue weighted by Gasteiger charge is 2.42. The molecule has 0 aromatic rings. The summed E-state index contributed by atoms with van der Waals surface area (Å²) in [5.41, 5.74) is -0.576. The number of methoxy groups -OCH3 is 1. The van der Waals surface area contributed by atoms with Gasteiger partial charge in [0.25, 0.3) is 5.91 Å². The van der Waals surface area contributed by atoms with Crippen LogP contribution in [0.2, 0.25) is 0 Å². The molecule has 0 spiro atoms. The van der Waals surface area contributed by atoms with Gasteiger partial charge in [0.05, 0.1) is 0 Å². The second kappa shape index (κ2) is 10.2. The van der Waals surface area contributed by atoms with Gasteiger partial charge in [-0.15, -0.1) is 24.8 Å². The number of halogens is 2. The van der Waals surface area contributed by atoms with E-state index in [0.717, 1.165) is 64.6 Å². The second-order valence-electron chi connectivity index (χ2n) is 7.07. The summed E-state index contributed by atoms with van der Waals surface area (Å²) in [6.07, 6.45) is 8.15. The SMILES string of the molecule is COC1(C(=O)N2CCCN(C3CCCC3)CC2)CCNCC1.Cl.Cl. The quantitative estimate of drug-likeness (QED) is 0.812. The normalized spacial score (nSPS) is 25.5. The molecule has 3 fully saturated rings. The lowest BCUT2D eigenvalue weighted by Gasteiger charge is -2.38. The van der Waals surface area contributed by atoms with Gasteiger partial charge in [-0.2, -0.15) is 0 Å². The summed E-state index contributed by atoms with van der Waals surface area (Å²) in [6, 6.07) is 0.769. The maximum absolute atomic E-state index is 13.0. The molecule has 1 saturated carbocycles. The third kappa shape index (κ3) is 4.76. The number of carbonyl (C=O) groups is 1. The van der Waals surface area contributed by atoms with Crippen LogP contribution in [0.1, 0.15) is 44.9 Å². The van der Waals surface area contributed by atoms with Crippen molar-refractivity contribution in [2.45, 2.75) is 56.6 Å². The van der Waals surface area contributed by atoms with E-state index in [4.69, 9.17) is 4.74 Å². The average molecular weight is 382 g/mol. The maximum Gasteiger partial charge on any atom is 0.254 e. The number of piperidine rings is 1. The van der Waals surface area contributed by atoms with E-state index in [1.807, 2.05) is 0 Å². The van der Waals surface area contributed by atoms with E-state index in [2.05, 4.69) is 15.1 Å². The lowest BCUT2D eigenvalue weighted by atomic mass is 9.90. The van der Waals surface area contributed by atoms with Crippen LogP contribution in [0.15, 0.2) is 0 Å². The average Bonchev–Trinajstić information content (AvgIpc) is 2.99. The molecule has 1 N–H and O–H groups in total. The van der Waals surface area contributed by atoms with Gasteiger partial charge in [0.1, 0.15) is 5.60 Å². The topological polar surface area (TPSA) is 44.8 Å². The first-order valence-corrected chi connectivity index (χ1v) is 9.04. The Morgan fingerprint density at radius 1 is 1.00 bits per heavy atom. The van der Waals surface area contributed by atoms with Crippen LogP contribution in [-0.2, 0) is 9.53 Å². The number of rotatable bonds is 3. The monoisotopic (exact) mass is 381 g/mol. The smallest absolute Gasteiger partial charge is 0.254 e. The van der Waals surface area contributed by atoms with Crippen molar-refractivity contribution in [1.82, 2.24) is 15.1 Å². The van der Waals surface area contributed by atoms with E-state index < -0.39 is 5.60 Å². The minimum absolute atomic E-state index is 0. The molecule has 0 unspecified atom stereocenters.